The van der Waals surface area contributed by atoms with Crippen molar-refractivity contribution in [3.63, 3.8) is 0 Å². The van der Waals surface area contributed by atoms with Crippen LogP contribution < -0.4 is 0 Å². The van der Waals surface area contributed by atoms with E-state index in [0.717, 1.165) is 18.8 Å². The van der Waals surface area contributed by atoms with Gasteiger partial charge in [-0.2, -0.15) is 0 Å². The fourth-order valence-electron chi connectivity index (χ4n) is 2.76. The molecule has 0 aliphatic carbocycles. The minimum atomic E-state index is -0.959. The van der Waals surface area contributed by atoms with Crippen LogP contribution in [0, 0.1) is 0 Å². The Bertz CT molecular complexity index is 466. The first-order valence-corrected chi connectivity index (χ1v) is 7.15. The summed E-state index contributed by atoms with van der Waals surface area (Å²) in [4.78, 5) is 17.2. The molecular weight excluding hydrogens is 264 g/mol. The van der Waals surface area contributed by atoms with E-state index in [9.17, 15) is 4.79 Å². The van der Waals surface area contributed by atoms with Crippen molar-refractivity contribution in [2.45, 2.75) is 45.4 Å². The summed E-state index contributed by atoms with van der Waals surface area (Å²) in [5.74, 6) is -0.959. The Morgan fingerprint density at radius 1 is 1.42 bits per heavy atom. The van der Waals surface area contributed by atoms with E-state index in [4.69, 9.17) is 9.84 Å². The van der Waals surface area contributed by atoms with Gasteiger partial charge in [-0.25, -0.2) is 9.78 Å². The normalized spacial score (nSPS) is 22.3. The maximum absolute atomic E-state index is 10.8. The molecule has 0 saturated carbocycles. The molecule has 1 N–H and O–H groups in total. The Morgan fingerprint density at radius 2 is 2.00 bits per heavy atom. The van der Waals surface area contributed by atoms with E-state index >= 15 is 0 Å². The Morgan fingerprint density at radius 3 is 2.47 bits per heavy atom. The van der Waals surface area contributed by atoms with Gasteiger partial charge in [0.1, 0.15) is 0 Å². The molecule has 1 aromatic rings. The molecule has 5 nitrogen and oxygen atoms in total. The third-order valence-corrected chi connectivity index (χ3v) is 3.76. The van der Waals surface area contributed by atoms with Gasteiger partial charge in [-0.05, 0) is 27.7 Å². The fourth-order valence-corrected chi connectivity index (χ4v) is 3.41. The predicted octanol–water partition coefficient (Wildman–Crippen LogP) is 2.23. The number of hydrogen-bond acceptors (Lipinski definition) is 5. The highest BCUT2D eigenvalue weighted by Crippen LogP contribution is 2.29. The molecule has 0 unspecified atom stereocenters. The van der Waals surface area contributed by atoms with Crippen LogP contribution in [0.1, 0.15) is 43.2 Å². The lowest BCUT2D eigenvalue weighted by Gasteiger charge is -2.47. The number of aromatic nitrogens is 1. The van der Waals surface area contributed by atoms with Crippen LogP contribution in [0.25, 0.3) is 0 Å². The van der Waals surface area contributed by atoms with Crippen molar-refractivity contribution in [1.29, 1.82) is 0 Å². The van der Waals surface area contributed by atoms with Crippen molar-refractivity contribution in [2.75, 3.05) is 13.1 Å². The Balaban J connectivity index is 2.07. The number of carboxylic acid groups (broad SMARTS) is 1. The third-order valence-electron chi connectivity index (χ3n) is 2.88. The van der Waals surface area contributed by atoms with Crippen LogP contribution in [0.2, 0.25) is 0 Å². The van der Waals surface area contributed by atoms with Crippen LogP contribution in [-0.4, -0.2) is 45.3 Å². The summed E-state index contributed by atoms with van der Waals surface area (Å²) in [5.41, 5.74) is 0.414. The number of ether oxygens (including phenoxy) is 1. The molecule has 1 aliphatic rings. The highest BCUT2D eigenvalue weighted by molar-refractivity contribution is 7.11. The average Bonchev–Trinajstić information content (AvgIpc) is 2.60. The molecule has 1 aliphatic heterocycles. The highest BCUT2D eigenvalue weighted by Gasteiger charge is 2.38. The number of carbonyl (C=O) groups is 1. The number of thiazole rings is 1. The monoisotopic (exact) mass is 284 g/mol. The van der Waals surface area contributed by atoms with Crippen molar-refractivity contribution in [3.8, 4) is 0 Å². The first kappa shape index (κ1) is 14.4. The zero-order valence-corrected chi connectivity index (χ0v) is 12.6. The number of morpholine rings is 1. The van der Waals surface area contributed by atoms with Gasteiger partial charge in [0.2, 0.25) is 5.01 Å². The molecule has 0 aromatic carbocycles. The minimum absolute atomic E-state index is 0.154. The van der Waals surface area contributed by atoms with Gasteiger partial charge in [-0.1, -0.05) is 0 Å². The second-order valence-electron chi connectivity index (χ2n) is 6.22. The Labute approximate surface area is 117 Å². The lowest BCUT2D eigenvalue weighted by molar-refractivity contribution is -0.182. The van der Waals surface area contributed by atoms with Crippen molar-refractivity contribution in [3.05, 3.63) is 16.1 Å². The number of nitrogens with zero attached hydrogens (tertiary/aromatic N) is 2. The lowest BCUT2D eigenvalue weighted by Crippen LogP contribution is -2.56. The average molecular weight is 284 g/mol. The van der Waals surface area contributed by atoms with Crippen LogP contribution in [0.15, 0.2) is 5.38 Å². The molecule has 106 valence electrons. The number of carboxylic acids is 1. The Hall–Kier alpha value is -0.980. The topological polar surface area (TPSA) is 62.7 Å². The van der Waals surface area contributed by atoms with Gasteiger partial charge in [0.15, 0.2) is 0 Å². The molecule has 0 radical (unpaired) electrons. The standard InChI is InChI=1S/C13H20N2O3S/c1-12(2)7-15(8-13(3,4)18-12)5-9-6-19-10(14-9)11(16)17/h6H,5,7-8H2,1-4H3,(H,16,17). The summed E-state index contributed by atoms with van der Waals surface area (Å²) in [5, 5.41) is 10.9. The van der Waals surface area contributed by atoms with Gasteiger partial charge in [-0.3, -0.25) is 4.90 Å². The molecule has 0 bridgehead atoms. The summed E-state index contributed by atoms with van der Waals surface area (Å²) in [6.07, 6.45) is 0. The Kier molecular flexibility index (Phi) is 3.68. The van der Waals surface area contributed by atoms with Crippen LogP contribution in [-0.2, 0) is 11.3 Å². The van der Waals surface area contributed by atoms with E-state index in [-0.39, 0.29) is 16.2 Å². The van der Waals surface area contributed by atoms with Crippen molar-refractivity contribution >= 4 is 17.3 Å². The maximum atomic E-state index is 10.8. The lowest BCUT2D eigenvalue weighted by atomic mass is 9.99. The number of hydrogen-bond donors (Lipinski definition) is 1. The zero-order valence-electron chi connectivity index (χ0n) is 11.8. The van der Waals surface area contributed by atoms with E-state index in [1.165, 1.54) is 11.3 Å². The second kappa shape index (κ2) is 4.85. The third kappa shape index (κ3) is 3.75. The van der Waals surface area contributed by atoms with E-state index < -0.39 is 5.97 Å². The van der Waals surface area contributed by atoms with Crippen LogP contribution >= 0.6 is 11.3 Å². The molecular formula is C13H20N2O3S. The van der Waals surface area contributed by atoms with Crippen molar-refractivity contribution in [1.82, 2.24) is 9.88 Å². The molecule has 2 heterocycles. The zero-order chi connectivity index (χ0) is 14.3. The van der Waals surface area contributed by atoms with Gasteiger partial charge < -0.3 is 9.84 Å². The van der Waals surface area contributed by atoms with Gasteiger partial charge in [0, 0.05) is 25.0 Å². The highest BCUT2D eigenvalue weighted by atomic mass is 32.1. The van der Waals surface area contributed by atoms with E-state index in [2.05, 4.69) is 37.6 Å². The van der Waals surface area contributed by atoms with Crippen LogP contribution in [0.4, 0.5) is 0 Å². The fraction of sp³-hybridized carbons (Fsp3) is 0.692. The first-order valence-electron chi connectivity index (χ1n) is 6.27. The van der Waals surface area contributed by atoms with Crippen LogP contribution in [0.5, 0.6) is 0 Å². The number of rotatable bonds is 3. The largest absolute Gasteiger partial charge is 0.476 e. The summed E-state index contributed by atoms with van der Waals surface area (Å²) in [6.45, 7) is 10.6. The minimum Gasteiger partial charge on any atom is -0.476 e. The molecule has 1 saturated heterocycles. The van der Waals surface area contributed by atoms with Crippen molar-refractivity contribution < 1.29 is 14.6 Å². The van der Waals surface area contributed by atoms with Crippen molar-refractivity contribution in [2.24, 2.45) is 0 Å². The van der Waals surface area contributed by atoms with Gasteiger partial charge in [0.05, 0.1) is 16.9 Å². The van der Waals surface area contributed by atoms with Gasteiger partial charge in [0.25, 0.3) is 0 Å². The maximum Gasteiger partial charge on any atom is 0.365 e. The van der Waals surface area contributed by atoms with E-state index in [0.29, 0.717) is 6.54 Å². The van der Waals surface area contributed by atoms with Gasteiger partial charge >= 0.3 is 5.97 Å². The smallest absolute Gasteiger partial charge is 0.365 e. The summed E-state index contributed by atoms with van der Waals surface area (Å²) in [7, 11) is 0. The molecule has 1 aromatic heterocycles. The van der Waals surface area contributed by atoms with Crippen LogP contribution in [0.3, 0.4) is 0 Å². The van der Waals surface area contributed by atoms with Gasteiger partial charge in [-0.15, -0.1) is 11.3 Å². The molecule has 1 fully saturated rings. The quantitative estimate of drug-likeness (QED) is 0.922. The second-order valence-corrected chi connectivity index (χ2v) is 7.07. The molecule has 0 spiro atoms. The molecule has 6 heteroatoms. The summed E-state index contributed by atoms with van der Waals surface area (Å²) < 4.78 is 6.02. The van der Waals surface area contributed by atoms with E-state index in [1.54, 1.807) is 0 Å². The predicted molar refractivity (Wildman–Crippen MR) is 73.6 cm³/mol. The molecule has 0 amide bonds. The van der Waals surface area contributed by atoms with E-state index in [1.807, 2.05) is 5.38 Å². The molecule has 0 atom stereocenters. The number of aromatic carboxylic acids is 1. The first-order chi connectivity index (χ1) is 8.67. The SMILES string of the molecule is CC1(C)CN(Cc2csc(C(=O)O)n2)CC(C)(C)O1. The summed E-state index contributed by atoms with van der Waals surface area (Å²) >= 11 is 1.18. The summed E-state index contributed by atoms with van der Waals surface area (Å²) in [6, 6.07) is 0. The molecule has 2 rings (SSSR count). The molecule has 19 heavy (non-hydrogen) atoms.